The summed E-state index contributed by atoms with van der Waals surface area (Å²) in [6.07, 6.45) is 2.41. The average molecular weight is 464 g/mol. The van der Waals surface area contributed by atoms with Gasteiger partial charge < -0.3 is 14.9 Å². The highest BCUT2D eigenvalue weighted by molar-refractivity contribution is 7.89. The fraction of sp³-hybridized carbons (Fsp3) is 0.240. The van der Waals surface area contributed by atoms with Gasteiger partial charge in [-0.15, -0.1) is 0 Å². The van der Waals surface area contributed by atoms with Gasteiger partial charge in [-0.05, 0) is 54.3 Å². The number of aliphatic hydroxyl groups is 1. The van der Waals surface area contributed by atoms with Crippen LogP contribution in [0.3, 0.4) is 0 Å². The summed E-state index contributed by atoms with van der Waals surface area (Å²) >= 11 is 0. The van der Waals surface area contributed by atoms with Gasteiger partial charge in [0.2, 0.25) is 10.0 Å². The number of carbonyl (C=O) groups excluding carboxylic acids is 1. The van der Waals surface area contributed by atoms with Crippen LogP contribution in [-0.2, 0) is 27.0 Å². The molecule has 2 aliphatic rings. The lowest BCUT2D eigenvalue weighted by Gasteiger charge is -2.24. The number of benzene rings is 3. The van der Waals surface area contributed by atoms with Gasteiger partial charge in [0.05, 0.1) is 17.1 Å². The fourth-order valence-corrected chi connectivity index (χ4v) is 5.24. The summed E-state index contributed by atoms with van der Waals surface area (Å²) in [7, 11) is -3.88. The van der Waals surface area contributed by atoms with E-state index in [1.807, 2.05) is 24.3 Å². The maximum absolute atomic E-state index is 13.6. The number of nitrogens with zero attached hydrogens (tertiary/aromatic N) is 2. The van der Waals surface area contributed by atoms with E-state index in [0.717, 1.165) is 18.7 Å². The van der Waals surface area contributed by atoms with E-state index < -0.39 is 21.5 Å². The Morgan fingerprint density at radius 3 is 2.18 bits per heavy atom. The first kappa shape index (κ1) is 21.6. The minimum Gasteiger partial charge on any atom is -0.372 e. The maximum Gasteiger partial charge on any atom is 0.268 e. The topological polar surface area (TPSA) is 104 Å². The Morgan fingerprint density at radius 1 is 0.909 bits per heavy atom. The molecule has 8 heteroatoms. The van der Waals surface area contributed by atoms with Crippen LogP contribution in [0.4, 0.5) is 11.4 Å². The van der Waals surface area contributed by atoms with Crippen molar-refractivity contribution >= 4 is 27.3 Å². The van der Waals surface area contributed by atoms with Gasteiger partial charge in [0.1, 0.15) is 0 Å². The molecule has 0 bridgehead atoms. The van der Waals surface area contributed by atoms with Gasteiger partial charge in [0.25, 0.3) is 5.91 Å². The summed E-state index contributed by atoms with van der Waals surface area (Å²) in [5.74, 6) is -0.476. The molecule has 3 aromatic rings. The van der Waals surface area contributed by atoms with Crippen molar-refractivity contribution < 1.29 is 18.3 Å². The summed E-state index contributed by atoms with van der Waals surface area (Å²) in [6, 6.07) is 20.8. The zero-order valence-electron chi connectivity index (χ0n) is 18.0. The number of fused-ring (bicyclic) bond motifs is 1. The highest BCUT2D eigenvalue weighted by Gasteiger charge is 2.50. The average Bonchev–Trinajstić information content (AvgIpc) is 3.43. The van der Waals surface area contributed by atoms with Crippen LogP contribution in [0.15, 0.2) is 77.7 Å². The Bertz CT molecular complexity index is 1300. The van der Waals surface area contributed by atoms with Crippen LogP contribution < -0.4 is 14.9 Å². The van der Waals surface area contributed by atoms with Crippen LogP contribution in [0.5, 0.6) is 0 Å². The predicted molar refractivity (Wildman–Crippen MR) is 126 cm³/mol. The number of hydrogen-bond donors (Lipinski definition) is 2. The number of rotatable bonds is 5. The molecule has 7 nitrogen and oxygen atoms in total. The first-order chi connectivity index (χ1) is 15.8. The lowest BCUT2D eigenvalue weighted by atomic mass is 9.87. The standard InChI is InChI=1S/C25H25N3O4S/c26-33(31,32)21-13-9-19(10-14-21)25(30)22-5-1-2-6-23(22)28(24(25)29)17-18-7-11-20(12-8-18)27-15-3-4-16-27/h1-2,5-14,30H,3-4,15-17H2,(H2,26,31,32)/t25-/m0/s1. The molecule has 3 aromatic carbocycles. The number of para-hydroxylation sites is 1. The molecule has 0 aliphatic carbocycles. The second-order valence-corrected chi connectivity index (χ2v) is 10.1. The number of primary sulfonamides is 1. The van der Waals surface area contributed by atoms with E-state index in [9.17, 15) is 18.3 Å². The van der Waals surface area contributed by atoms with Crippen molar-refractivity contribution in [1.82, 2.24) is 0 Å². The number of hydrogen-bond acceptors (Lipinski definition) is 5. The van der Waals surface area contributed by atoms with Crippen LogP contribution in [0.2, 0.25) is 0 Å². The van der Waals surface area contributed by atoms with E-state index in [4.69, 9.17) is 5.14 Å². The molecule has 170 valence electrons. The van der Waals surface area contributed by atoms with Crippen molar-refractivity contribution in [1.29, 1.82) is 0 Å². The van der Waals surface area contributed by atoms with Gasteiger partial charge >= 0.3 is 0 Å². The molecule has 1 amide bonds. The van der Waals surface area contributed by atoms with Gasteiger partial charge in [0.15, 0.2) is 5.60 Å². The fourth-order valence-electron chi connectivity index (χ4n) is 4.73. The van der Waals surface area contributed by atoms with Crippen molar-refractivity contribution in [3.63, 3.8) is 0 Å². The Balaban J connectivity index is 1.47. The third kappa shape index (κ3) is 3.70. The third-order valence-electron chi connectivity index (χ3n) is 6.49. The molecule has 1 saturated heterocycles. The van der Waals surface area contributed by atoms with Gasteiger partial charge in [-0.25, -0.2) is 13.6 Å². The largest absolute Gasteiger partial charge is 0.372 e. The van der Waals surface area contributed by atoms with E-state index in [1.165, 1.54) is 42.8 Å². The number of anilines is 2. The molecule has 3 N–H and O–H groups in total. The van der Waals surface area contributed by atoms with Crippen molar-refractivity contribution in [2.45, 2.75) is 29.9 Å². The summed E-state index contributed by atoms with van der Waals surface area (Å²) in [5, 5.41) is 16.8. The smallest absolute Gasteiger partial charge is 0.268 e. The number of carbonyl (C=O) groups is 1. The van der Waals surface area contributed by atoms with E-state index in [1.54, 1.807) is 17.0 Å². The molecular weight excluding hydrogens is 438 g/mol. The first-order valence-electron chi connectivity index (χ1n) is 10.9. The molecule has 0 spiro atoms. The van der Waals surface area contributed by atoms with Crippen molar-refractivity contribution in [3.8, 4) is 0 Å². The van der Waals surface area contributed by atoms with Crippen LogP contribution in [0, 0.1) is 0 Å². The molecule has 33 heavy (non-hydrogen) atoms. The van der Waals surface area contributed by atoms with E-state index in [0.29, 0.717) is 23.4 Å². The van der Waals surface area contributed by atoms with Crippen LogP contribution in [0.25, 0.3) is 0 Å². The molecular formula is C25H25N3O4S. The zero-order valence-corrected chi connectivity index (χ0v) is 18.8. The summed E-state index contributed by atoms with van der Waals surface area (Å²) < 4.78 is 23.2. The number of sulfonamides is 1. The number of amides is 1. The highest BCUT2D eigenvalue weighted by Crippen LogP contribution is 2.45. The van der Waals surface area contributed by atoms with Crippen LogP contribution in [0.1, 0.15) is 29.5 Å². The second kappa shape index (κ2) is 7.98. The lowest BCUT2D eigenvalue weighted by Crippen LogP contribution is -2.40. The van der Waals surface area contributed by atoms with Gasteiger partial charge in [0, 0.05) is 24.3 Å². The van der Waals surface area contributed by atoms with Crippen molar-refractivity contribution in [3.05, 3.63) is 89.5 Å². The SMILES string of the molecule is NS(=O)(=O)c1ccc([C@@]2(O)C(=O)N(Cc3ccc(N4CCCC4)cc3)c3ccccc32)cc1. The summed E-state index contributed by atoms with van der Waals surface area (Å²) in [6.45, 7) is 2.44. The van der Waals surface area contributed by atoms with Gasteiger partial charge in [-0.2, -0.15) is 0 Å². The molecule has 5 rings (SSSR count). The quantitative estimate of drug-likeness (QED) is 0.606. The Hall–Kier alpha value is -3.20. The van der Waals surface area contributed by atoms with Crippen LogP contribution >= 0.6 is 0 Å². The number of nitrogens with two attached hydrogens (primary N) is 1. The molecule has 0 unspecified atom stereocenters. The van der Waals surface area contributed by atoms with Crippen molar-refractivity contribution in [2.24, 2.45) is 5.14 Å². The predicted octanol–water partition coefficient (Wildman–Crippen LogP) is 2.72. The molecule has 1 fully saturated rings. The van der Waals surface area contributed by atoms with E-state index in [-0.39, 0.29) is 4.90 Å². The van der Waals surface area contributed by atoms with Gasteiger partial charge in [-0.3, -0.25) is 4.79 Å². The summed E-state index contributed by atoms with van der Waals surface area (Å²) in [4.78, 5) is 17.4. The molecule has 0 radical (unpaired) electrons. The van der Waals surface area contributed by atoms with Crippen LogP contribution in [-0.4, -0.2) is 32.5 Å². The van der Waals surface area contributed by atoms with Gasteiger partial charge in [-0.1, -0.05) is 42.5 Å². The van der Waals surface area contributed by atoms with E-state index in [2.05, 4.69) is 17.0 Å². The molecule has 2 aliphatic heterocycles. The Morgan fingerprint density at radius 2 is 1.55 bits per heavy atom. The maximum atomic E-state index is 13.6. The van der Waals surface area contributed by atoms with Crippen molar-refractivity contribution in [2.75, 3.05) is 22.9 Å². The Labute approximate surface area is 193 Å². The first-order valence-corrected chi connectivity index (χ1v) is 12.4. The Kier molecular flexibility index (Phi) is 5.23. The third-order valence-corrected chi connectivity index (χ3v) is 7.42. The lowest BCUT2D eigenvalue weighted by molar-refractivity contribution is -0.132. The summed E-state index contributed by atoms with van der Waals surface area (Å²) in [5.41, 5.74) is 1.60. The molecule has 2 heterocycles. The molecule has 0 saturated carbocycles. The minimum absolute atomic E-state index is 0.0801. The molecule has 1 atom stereocenters. The minimum atomic E-state index is -3.88. The normalized spacial score (nSPS) is 20.4. The zero-order chi connectivity index (χ0) is 23.2. The second-order valence-electron chi connectivity index (χ2n) is 8.55. The highest BCUT2D eigenvalue weighted by atomic mass is 32.2. The monoisotopic (exact) mass is 463 g/mol. The van der Waals surface area contributed by atoms with E-state index >= 15 is 0 Å². The molecule has 0 aromatic heterocycles.